The van der Waals surface area contributed by atoms with E-state index in [2.05, 4.69) is 15.9 Å². The van der Waals surface area contributed by atoms with E-state index in [9.17, 15) is 13.2 Å². The molecule has 1 nitrogen and oxygen atoms in total. The van der Waals surface area contributed by atoms with Crippen molar-refractivity contribution in [2.45, 2.75) is 18.5 Å². The van der Waals surface area contributed by atoms with E-state index >= 15 is 0 Å². The molecule has 0 spiro atoms. The van der Waals surface area contributed by atoms with Crippen molar-refractivity contribution < 1.29 is 17.9 Å². The average Bonchev–Trinajstić information content (AvgIpc) is 2.19. The van der Waals surface area contributed by atoms with Crippen molar-refractivity contribution >= 4 is 27.5 Å². The number of benzene rings is 1. The highest BCUT2D eigenvalue weighted by Gasteiger charge is 2.39. The van der Waals surface area contributed by atoms with E-state index in [4.69, 9.17) is 16.3 Å². The molecule has 0 radical (unpaired) electrons. The van der Waals surface area contributed by atoms with Gasteiger partial charge in [-0.2, -0.15) is 13.2 Å². The first-order valence-corrected chi connectivity index (χ1v) is 5.72. The van der Waals surface area contributed by atoms with Crippen LogP contribution in [0.5, 0.6) is 5.75 Å². The van der Waals surface area contributed by atoms with Crippen LogP contribution in [-0.4, -0.2) is 12.8 Å². The molecule has 0 heterocycles. The third-order valence-corrected chi connectivity index (χ3v) is 2.95. The van der Waals surface area contributed by atoms with Gasteiger partial charge in [0.1, 0.15) is 5.75 Å². The summed E-state index contributed by atoms with van der Waals surface area (Å²) in [6.45, 7) is 2.24. The van der Waals surface area contributed by atoms with Crippen LogP contribution in [0.15, 0.2) is 22.7 Å². The van der Waals surface area contributed by atoms with Crippen molar-refractivity contribution in [2.75, 3.05) is 6.61 Å². The third-order valence-electron chi connectivity index (χ3n) is 1.84. The van der Waals surface area contributed by atoms with Crippen molar-refractivity contribution in [3.05, 3.63) is 28.2 Å². The third kappa shape index (κ3) is 3.28. The lowest BCUT2D eigenvalue weighted by molar-refractivity contribution is -0.131. The van der Waals surface area contributed by atoms with Crippen LogP contribution in [0.4, 0.5) is 13.2 Å². The van der Waals surface area contributed by atoms with Gasteiger partial charge in [0.25, 0.3) is 0 Å². The Balaban J connectivity index is 2.97. The number of rotatable bonds is 3. The second-order valence-corrected chi connectivity index (χ2v) is 4.32. The molecule has 16 heavy (non-hydrogen) atoms. The minimum absolute atomic E-state index is 0.00973. The normalized spacial score (nSPS) is 13.6. The summed E-state index contributed by atoms with van der Waals surface area (Å²) in [5, 5.41) is -2.00. The lowest BCUT2D eigenvalue weighted by atomic mass is 10.1. The van der Waals surface area contributed by atoms with Gasteiger partial charge >= 0.3 is 6.18 Å². The zero-order valence-corrected chi connectivity index (χ0v) is 10.7. The number of ether oxygens (including phenoxy) is 1. The fourth-order valence-corrected chi connectivity index (χ4v) is 1.78. The summed E-state index contributed by atoms with van der Waals surface area (Å²) in [6, 6.07) is 4.08. The second-order valence-electron chi connectivity index (χ2n) is 3.03. The Morgan fingerprint density at radius 2 is 2.06 bits per heavy atom. The van der Waals surface area contributed by atoms with Crippen LogP contribution < -0.4 is 4.74 Å². The predicted octanol–water partition coefficient (Wildman–Crippen LogP) is 4.69. The monoisotopic (exact) mass is 316 g/mol. The smallest absolute Gasteiger partial charge is 0.408 e. The van der Waals surface area contributed by atoms with Crippen LogP contribution in [0.2, 0.25) is 0 Å². The van der Waals surface area contributed by atoms with Gasteiger partial charge in [-0.15, -0.1) is 11.6 Å². The maximum Gasteiger partial charge on any atom is 0.408 e. The first-order valence-electron chi connectivity index (χ1n) is 4.49. The van der Waals surface area contributed by atoms with Crippen LogP contribution in [0, 0.1) is 0 Å². The maximum absolute atomic E-state index is 12.3. The molecule has 0 fully saturated rings. The van der Waals surface area contributed by atoms with E-state index in [0.29, 0.717) is 16.8 Å². The van der Waals surface area contributed by atoms with E-state index in [1.165, 1.54) is 18.2 Å². The standard InChI is InChI=1S/C10H9BrClF3O/c1-2-16-8-4-3-6(5-7(8)11)9(12)10(13,14)15/h3-5,9H,2H2,1H3. The molecule has 0 saturated heterocycles. The predicted molar refractivity (Wildman–Crippen MR) is 60.0 cm³/mol. The molecule has 1 unspecified atom stereocenters. The maximum atomic E-state index is 12.3. The molecular formula is C10H9BrClF3O. The molecule has 1 aromatic carbocycles. The fourth-order valence-electron chi connectivity index (χ4n) is 1.14. The molecule has 6 heteroatoms. The SMILES string of the molecule is CCOc1ccc(C(Cl)C(F)(F)F)cc1Br. The van der Waals surface area contributed by atoms with Gasteiger partial charge in [0.15, 0.2) is 5.38 Å². The molecule has 0 aliphatic carbocycles. The van der Waals surface area contributed by atoms with E-state index in [0.717, 1.165) is 0 Å². The number of hydrogen-bond acceptors (Lipinski definition) is 1. The Morgan fingerprint density at radius 3 is 2.50 bits per heavy atom. The van der Waals surface area contributed by atoms with Crippen molar-refractivity contribution in [3.8, 4) is 5.75 Å². The highest BCUT2D eigenvalue weighted by molar-refractivity contribution is 9.10. The molecule has 90 valence electrons. The number of halogens is 5. The number of hydrogen-bond donors (Lipinski definition) is 0. The molecule has 0 aromatic heterocycles. The minimum Gasteiger partial charge on any atom is -0.493 e. The zero-order valence-electron chi connectivity index (χ0n) is 8.31. The van der Waals surface area contributed by atoms with Crippen LogP contribution in [0.25, 0.3) is 0 Å². The molecule has 0 aliphatic heterocycles. The summed E-state index contributed by atoms with van der Waals surface area (Å²) in [7, 11) is 0. The van der Waals surface area contributed by atoms with Crippen LogP contribution in [0.1, 0.15) is 17.9 Å². The van der Waals surface area contributed by atoms with Crippen molar-refractivity contribution in [2.24, 2.45) is 0 Å². The van der Waals surface area contributed by atoms with Gasteiger partial charge < -0.3 is 4.74 Å². The summed E-state index contributed by atoms with van der Waals surface area (Å²) in [5.74, 6) is 0.497. The first-order chi connectivity index (χ1) is 7.36. The van der Waals surface area contributed by atoms with Gasteiger partial charge in [0.2, 0.25) is 0 Å². The Hall–Kier alpha value is -0.420. The van der Waals surface area contributed by atoms with Crippen LogP contribution >= 0.6 is 27.5 Å². The second kappa shape index (κ2) is 5.27. The molecule has 0 amide bonds. The minimum atomic E-state index is -4.45. The summed E-state index contributed by atoms with van der Waals surface area (Å²) < 4.78 is 42.7. The Morgan fingerprint density at radius 1 is 1.44 bits per heavy atom. The summed E-state index contributed by atoms with van der Waals surface area (Å²) in [5.41, 5.74) is -0.00973. The van der Waals surface area contributed by atoms with Gasteiger partial charge in [-0.05, 0) is 40.5 Å². The summed E-state index contributed by atoms with van der Waals surface area (Å²) in [6.07, 6.45) is -4.45. The van der Waals surface area contributed by atoms with Crippen LogP contribution in [0.3, 0.4) is 0 Å². The lowest BCUT2D eigenvalue weighted by Gasteiger charge is -2.15. The topological polar surface area (TPSA) is 9.23 Å². The lowest BCUT2D eigenvalue weighted by Crippen LogP contribution is -2.15. The van der Waals surface area contributed by atoms with Gasteiger partial charge in [-0.3, -0.25) is 0 Å². The van der Waals surface area contributed by atoms with Gasteiger partial charge in [-0.1, -0.05) is 6.07 Å². The molecule has 0 bridgehead atoms. The molecule has 1 atom stereocenters. The van der Waals surface area contributed by atoms with E-state index < -0.39 is 11.6 Å². The molecule has 0 aliphatic rings. The highest BCUT2D eigenvalue weighted by atomic mass is 79.9. The molecule has 1 aromatic rings. The average molecular weight is 318 g/mol. The molecule has 1 rings (SSSR count). The van der Waals surface area contributed by atoms with E-state index in [1.54, 1.807) is 6.92 Å². The molecule has 0 N–H and O–H groups in total. The highest BCUT2D eigenvalue weighted by Crippen LogP contribution is 2.40. The largest absolute Gasteiger partial charge is 0.493 e. The first kappa shape index (κ1) is 13.6. The van der Waals surface area contributed by atoms with Crippen molar-refractivity contribution in [1.82, 2.24) is 0 Å². The Labute approximate surface area is 105 Å². The number of alkyl halides is 4. The van der Waals surface area contributed by atoms with Gasteiger partial charge in [0.05, 0.1) is 11.1 Å². The molecular weight excluding hydrogens is 308 g/mol. The summed E-state index contributed by atoms with van der Waals surface area (Å²) in [4.78, 5) is 0. The van der Waals surface area contributed by atoms with Crippen LogP contribution in [-0.2, 0) is 0 Å². The van der Waals surface area contributed by atoms with E-state index in [-0.39, 0.29) is 5.56 Å². The van der Waals surface area contributed by atoms with Gasteiger partial charge in [0, 0.05) is 0 Å². The zero-order chi connectivity index (χ0) is 12.3. The van der Waals surface area contributed by atoms with Crippen molar-refractivity contribution in [3.63, 3.8) is 0 Å². The van der Waals surface area contributed by atoms with Crippen molar-refractivity contribution in [1.29, 1.82) is 0 Å². The quantitative estimate of drug-likeness (QED) is 0.735. The summed E-state index contributed by atoms with van der Waals surface area (Å²) >= 11 is 8.43. The Bertz CT molecular complexity index is 368. The molecule has 0 saturated carbocycles. The van der Waals surface area contributed by atoms with E-state index in [1.807, 2.05) is 0 Å². The van der Waals surface area contributed by atoms with Gasteiger partial charge in [-0.25, -0.2) is 0 Å². The Kier molecular flexibility index (Phi) is 4.50. The fraction of sp³-hybridized carbons (Fsp3) is 0.400.